The van der Waals surface area contributed by atoms with Crippen LogP contribution in [-0.4, -0.2) is 41.0 Å². The molecule has 1 aromatic heterocycles. The summed E-state index contributed by atoms with van der Waals surface area (Å²) in [5.41, 5.74) is 7.06. The zero-order valence-corrected chi connectivity index (χ0v) is 18.6. The van der Waals surface area contributed by atoms with Gasteiger partial charge < -0.3 is 0 Å². The fourth-order valence-corrected chi connectivity index (χ4v) is 5.33. The van der Waals surface area contributed by atoms with E-state index in [2.05, 4.69) is 82.4 Å². The van der Waals surface area contributed by atoms with Crippen molar-refractivity contribution in [3.8, 4) is 11.1 Å². The van der Waals surface area contributed by atoms with Crippen molar-refractivity contribution in [3.05, 3.63) is 89.7 Å². The summed E-state index contributed by atoms with van der Waals surface area (Å²) >= 11 is 0. The van der Waals surface area contributed by atoms with Gasteiger partial charge in [-0.3, -0.25) is 14.8 Å². The van der Waals surface area contributed by atoms with Crippen molar-refractivity contribution in [3.63, 3.8) is 0 Å². The van der Waals surface area contributed by atoms with E-state index >= 15 is 0 Å². The lowest BCUT2D eigenvalue weighted by molar-refractivity contribution is 0.102. The topological polar surface area (TPSA) is 19.4 Å². The van der Waals surface area contributed by atoms with Gasteiger partial charge in [0.25, 0.3) is 0 Å². The quantitative estimate of drug-likeness (QED) is 0.549. The molecule has 2 aliphatic heterocycles. The lowest BCUT2D eigenvalue weighted by Crippen LogP contribution is -2.41. The molecule has 2 aromatic carbocycles. The van der Waals surface area contributed by atoms with E-state index in [4.69, 9.17) is 0 Å². The minimum absolute atomic E-state index is 0.523. The summed E-state index contributed by atoms with van der Waals surface area (Å²) in [4.78, 5) is 9.84. The number of nitrogens with zero attached hydrogens (tertiary/aromatic N) is 3. The summed E-state index contributed by atoms with van der Waals surface area (Å²) in [6.07, 6.45) is 8.04. The van der Waals surface area contributed by atoms with Gasteiger partial charge in [-0.25, -0.2) is 0 Å². The molecule has 3 heterocycles. The first-order valence-corrected chi connectivity index (χ1v) is 11.7. The van der Waals surface area contributed by atoms with Gasteiger partial charge in [0.05, 0.1) is 0 Å². The molecular weight excluding hydrogens is 378 g/mol. The number of aryl methyl sites for hydroxylation is 1. The molecule has 2 saturated heterocycles. The van der Waals surface area contributed by atoms with E-state index in [0.717, 1.165) is 13.1 Å². The zero-order chi connectivity index (χ0) is 21.1. The molecule has 5 rings (SSSR count). The number of pyridine rings is 1. The maximum absolute atomic E-state index is 4.55. The lowest BCUT2D eigenvalue weighted by Gasteiger charge is -2.39. The summed E-state index contributed by atoms with van der Waals surface area (Å²) < 4.78 is 0. The number of likely N-dealkylation sites (tertiary alicyclic amines) is 2. The number of rotatable bonds is 5. The zero-order valence-electron chi connectivity index (χ0n) is 18.6. The number of piperidine rings is 1. The Labute approximate surface area is 186 Å². The van der Waals surface area contributed by atoms with Crippen LogP contribution < -0.4 is 0 Å². The SMILES string of the molecule is Cc1ccc(-c2cncc(CN3CCC4(CCN(Cc5ccccc5)CC4)C3)c2)cc1. The second kappa shape index (κ2) is 8.94. The minimum atomic E-state index is 0.523. The molecule has 0 aliphatic carbocycles. The molecule has 0 N–H and O–H groups in total. The molecule has 0 saturated carbocycles. The molecule has 0 atom stereocenters. The van der Waals surface area contributed by atoms with E-state index in [1.165, 1.54) is 73.3 Å². The van der Waals surface area contributed by atoms with E-state index in [0.29, 0.717) is 5.41 Å². The molecule has 0 unspecified atom stereocenters. The van der Waals surface area contributed by atoms with Crippen molar-refractivity contribution in [2.24, 2.45) is 5.41 Å². The fraction of sp³-hybridized carbons (Fsp3) is 0.393. The standard InChI is InChI=1S/C28H33N3/c1-23-7-9-26(10-8-23)27-17-25(18-29-19-27)21-31-16-13-28(22-31)11-14-30(15-12-28)20-24-5-3-2-4-6-24/h2-10,17-19H,11-16,20-22H2,1H3. The summed E-state index contributed by atoms with van der Waals surface area (Å²) in [6, 6.07) is 22.0. The van der Waals surface area contributed by atoms with Gasteiger partial charge in [0.1, 0.15) is 0 Å². The van der Waals surface area contributed by atoms with Crippen LogP contribution in [-0.2, 0) is 13.1 Å². The van der Waals surface area contributed by atoms with E-state index < -0.39 is 0 Å². The number of aromatic nitrogens is 1. The maximum atomic E-state index is 4.55. The molecule has 31 heavy (non-hydrogen) atoms. The van der Waals surface area contributed by atoms with Crippen LogP contribution in [0, 0.1) is 12.3 Å². The smallest absolute Gasteiger partial charge is 0.0346 e. The number of hydrogen-bond donors (Lipinski definition) is 0. The highest BCUT2D eigenvalue weighted by Crippen LogP contribution is 2.41. The van der Waals surface area contributed by atoms with Crippen molar-refractivity contribution in [2.45, 2.75) is 39.3 Å². The van der Waals surface area contributed by atoms with Gasteiger partial charge in [-0.2, -0.15) is 0 Å². The molecule has 3 nitrogen and oxygen atoms in total. The average Bonchev–Trinajstić information content (AvgIpc) is 3.19. The first-order valence-electron chi connectivity index (χ1n) is 11.7. The molecule has 2 fully saturated rings. The average molecular weight is 412 g/mol. The van der Waals surface area contributed by atoms with Crippen LogP contribution in [0.25, 0.3) is 11.1 Å². The summed E-state index contributed by atoms with van der Waals surface area (Å²) in [5, 5.41) is 0. The van der Waals surface area contributed by atoms with Crippen LogP contribution in [0.3, 0.4) is 0 Å². The van der Waals surface area contributed by atoms with Gasteiger partial charge in [0.2, 0.25) is 0 Å². The van der Waals surface area contributed by atoms with Gasteiger partial charge >= 0.3 is 0 Å². The Bertz CT molecular complexity index is 988. The van der Waals surface area contributed by atoms with Gasteiger partial charge in [-0.1, -0.05) is 60.2 Å². The van der Waals surface area contributed by atoms with Crippen LogP contribution >= 0.6 is 0 Å². The number of benzene rings is 2. The van der Waals surface area contributed by atoms with E-state index in [-0.39, 0.29) is 0 Å². The molecule has 3 aromatic rings. The fourth-order valence-electron chi connectivity index (χ4n) is 5.33. The molecule has 0 bridgehead atoms. The predicted molar refractivity (Wildman–Crippen MR) is 128 cm³/mol. The van der Waals surface area contributed by atoms with Crippen molar-refractivity contribution >= 4 is 0 Å². The second-order valence-electron chi connectivity index (χ2n) is 9.67. The monoisotopic (exact) mass is 411 g/mol. The highest BCUT2D eigenvalue weighted by molar-refractivity contribution is 5.63. The van der Waals surface area contributed by atoms with Crippen LogP contribution in [0.2, 0.25) is 0 Å². The van der Waals surface area contributed by atoms with Crippen LogP contribution in [0.4, 0.5) is 0 Å². The third-order valence-electron chi connectivity index (χ3n) is 7.27. The van der Waals surface area contributed by atoms with Crippen LogP contribution in [0.15, 0.2) is 73.1 Å². The van der Waals surface area contributed by atoms with Gasteiger partial charge in [0, 0.05) is 37.6 Å². The molecule has 1 spiro atoms. The van der Waals surface area contributed by atoms with Crippen LogP contribution in [0.1, 0.15) is 36.0 Å². The second-order valence-corrected chi connectivity index (χ2v) is 9.67. The van der Waals surface area contributed by atoms with Crippen molar-refractivity contribution < 1.29 is 0 Å². The predicted octanol–water partition coefficient (Wildman–Crippen LogP) is 5.55. The third-order valence-corrected chi connectivity index (χ3v) is 7.27. The minimum Gasteiger partial charge on any atom is -0.299 e. The Hall–Kier alpha value is -2.49. The third kappa shape index (κ3) is 4.89. The Morgan fingerprint density at radius 3 is 2.16 bits per heavy atom. The highest BCUT2D eigenvalue weighted by atomic mass is 15.2. The van der Waals surface area contributed by atoms with Crippen molar-refractivity contribution in [2.75, 3.05) is 26.2 Å². The molecule has 160 valence electrons. The summed E-state index contributed by atoms with van der Waals surface area (Å²) in [5.74, 6) is 0. The normalized spacial score (nSPS) is 19.1. The first kappa shape index (κ1) is 20.4. The van der Waals surface area contributed by atoms with Gasteiger partial charge in [0.15, 0.2) is 0 Å². The van der Waals surface area contributed by atoms with Crippen molar-refractivity contribution in [1.29, 1.82) is 0 Å². The largest absolute Gasteiger partial charge is 0.299 e. The van der Waals surface area contributed by atoms with Crippen LogP contribution in [0.5, 0.6) is 0 Å². The van der Waals surface area contributed by atoms with E-state index in [9.17, 15) is 0 Å². The van der Waals surface area contributed by atoms with Gasteiger partial charge in [-0.05, 0) is 74.0 Å². The first-order chi connectivity index (χ1) is 15.2. The summed E-state index contributed by atoms with van der Waals surface area (Å²) in [6.45, 7) is 9.16. The van der Waals surface area contributed by atoms with Gasteiger partial charge in [-0.15, -0.1) is 0 Å². The Morgan fingerprint density at radius 2 is 1.42 bits per heavy atom. The number of hydrogen-bond acceptors (Lipinski definition) is 3. The Kier molecular flexibility index (Phi) is 5.89. The van der Waals surface area contributed by atoms with E-state index in [1.807, 2.05) is 12.4 Å². The van der Waals surface area contributed by atoms with Crippen molar-refractivity contribution in [1.82, 2.24) is 14.8 Å². The Balaban J connectivity index is 1.17. The lowest BCUT2D eigenvalue weighted by atomic mass is 9.77. The molecule has 3 heteroatoms. The maximum Gasteiger partial charge on any atom is 0.0346 e. The Morgan fingerprint density at radius 1 is 0.742 bits per heavy atom. The molecule has 0 amide bonds. The molecular formula is C28H33N3. The molecule has 2 aliphatic rings. The van der Waals surface area contributed by atoms with E-state index in [1.54, 1.807) is 0 Å². The molecule has 0 radical (unpaired) electrons. The highest BCUT2D eigenvalue weighted by Gasteiger charge is 2.40. The summed E-state index contributed by atoms with van der Waals surface area (Å²) in [7, 11) is 0.